The first kappa shape index (κ1) is 14.1. The first-order valence-corrected chi connectivity index (χ1v) is 7.06. The Morgan fingerprint density at radius 3 is 2.32 bits per heavy atom. The van der Waals surface area contributed by atoms with Gasteiger partial charge < -0.3 is 0 Å². The van der Waals surface area contributed by atoms with E-state index in [1.54, 1.807) is 18.2 Å². The van der Waals surface area contributed by atoms with Gasteiger partial charge in [0.05, 0.1) is 11.1 Å². The molecule has 3 rings (SSSR count). The van der Waals surface area contributed by atoms with Crippen LogP contribution in [0.15, 0.2) is 48.5 Å². The number of benzene rings is 2. The number of aromatic nitrogens is 1. The van der Waals surface area contributed by atoms with Crippen molar-refractivity contribution in [2.75, 3.05) is 0 Å². The Kier molecular flexibility index (Phi) is 3.55. The lowest BCUT2D eigenvalue weighted by molar-refractivity contribution is 0.102. The summed E-state index contributed by atoms with van der Waals surface area (Å²) in [5.74, 6) is -0.182. The van der Waals surface area contributed by atoms with E-state index in [2.05, 4.69) is 4.98 Å². The molecular weight excluding hydrogens is 274 g/mol. The zero-order chi connectivity index (χ0) is 15.7. The van der Waals surface area contributed by atoms with Crippen LogP contribution in [-0.4, -0.2) is 17.1 Å². The van der Waals surface area contributed by atoms with Gasteiger partial charge >= 0.3 is 0 Å². The zero-order valence-corrected chi connectivity index (χ0v) is 12.5. The van der Waals surface area contributed by atoms with E-state index < -0.39 is 0 Å². The lowest BCUT2D eigenvalue weighted by Crippen LogP contribution is -2.07. The number of carbonyl (C=O) groups is 2. The van der Waals surface area contributed by atoms with Crippen molar-refractivity contribution >= 4 is 23.0 Å². The number of hydrogen-bond donors (Lipinski definition) is 0. The molecule has 0 aliphatic heterocycles. The first-order valence-electron chi connectivity index (χ1n) is 7.06. The average Bonchev–Trinajstić information content (AvgIpc) is 2.53. The summed E-state index contributed by atoms with van der Waals surface area (Å²) >= 11 is 0. The molecule has 0 bridgehead atoms. The maximum atomic E-state index is 12.7. The fourth-order valence-corrected chi connectivity index (χ4v) is 2.44. The van der Waals surface area contributed by atoms with Crippen LogP contribution in [0.4, 0.5) is 0 Å². The maximum absolute atomic E-state index is 12.7. The smallest absolute Gasteiger partial charge is 0.195 e. The van der Waals surface area contributed by atoms with Gasteiger partial charge in [0.2, 0.25) is 0 Å². The van der Waals surface area contributed by atoms with E-state index in [0.717, 1.165) is 16.5 Å². The van der Waals surface area contributed by atoms with Crippen molar-refractivity contribution in [1.29, 1.82) is 0 Å². The lowest BCUT2D eigenvalue weighted by Gasteiger charge is -2.07. The van der Waals surface area contributed by atoms with E-state index >= 15 is 0 Å². The van der Waals surface area contributed by atoms with Crippen LogP contribution in [0.3, 0.4) is 0 Å². The highest BCUT2D eigenvalue weighted by molar-refractivity contribution is 6.13. The van der Waals surface area contributed by atoms with Crippen molar-refractivity contribution in [2.45, 2.75) is 13.8 Å². The molecule has 1 heterocycles. The second kappa shape index (κ2) is 5.53. The van der Waals surface area contributed by atoms with E-state index in [4.69, 9.17) is 0 Å². The van der Waals surface area contributed by atoms with E-state index in [9.17, 15) is 9.59 Å². The molecule has 0 saturated carbocycles. The fraction of sp³-hybridized carbons (Fsp3) is 0.105. The van der Waals surface area contributed by atoms with Gasteiger partial charge in [-0.05, 0) is 32.0 Å². The number of nitrogens with zero attached hydrogens (tertiary/aromatic N) is 1. The van der Waals surface area contributed by atoms with Gasteiger partial charge in [-0.25, -0.2) is 4.98 Å². The van der Waals surface area contributed by atoms with Crippen LogP contribution in [0.2, 0.25) is 0 Å². The number of fused-ring (bicyclic) bond motifs is 1. The molecule has 0 unspecified atom stereocenters. The summed E-state index contributed by atoms with van der Waals surface area (Å²) in [4.78, 5) is 28.3. The number of ketones is 1. The molecule has 3 nitrogen and oxygen atoms in total. The minimum Gasteiger partial charge on any atom is -0.296 e. The van der Waals surface area contributed by atoms with Crippen molar-refractivity contribution < 1.29 is 9.59 Å². The monoisotopic (exact) mass is 289 g/mol. The molecule has 22 heavy (non-hydrogen) atoms. The highest BCUT2D eigenvalue weighted by Gasteiger charge is 2.16. The molecule has 2 aromatic carbocycles. The third-order valence-corrected chi connectivity index (χ3v) is 3.67. The average molecular weight is 289 g/mol. The second-order valence-corrected chi connectivity index (χ2v) is 5.43. The highest BCUT2D eigenvalue weighted by atomic mass is 16.1. The minimum atomic E-state index is -0.182. The molecule has 3 aromatic rings. The second-order valence-electron chi connectivity index (χ2n) is 5.43. The van der Waals surface area contributed by atoms with Crippen LogP contribution in [0.5, 0.6) is 0 Å². The Balaban J connectivity index is 2.17. The Morgan fingerprint density at radius 1 is 0.955 bits per heavy atom. The van der Waals surface area contributed by atoms with Crippen molar-refractivity contribution in [3.05, 3.63) is 76.5 Å². The zero-order valence-electron chi connectivity index (χ0n) is 12.5. The van der Waals surface area contributed by atoms with E-state index in [1.807, 2.05) is 44.2 Å². The first-order chi connectivity index (χ1) is 10.6. The van der Waals surface area contributed by atoms with Gasteiger partial charge in [0.15, 0.2) is 12.1 Å². The fourth-order valence-electron chi connectivity index (χ4n) is 2.44. The largest absolute Gasteiger partial charge is 0.296 e. The van der Waals surface area contributed by atoms with Gasteiger partial charge in [-0.3, -0.25) is 9.59 Å². The number of rotatable bonds is 3. The standard InChI is InChI=1S/C19H15NO2/c1-12-3-6-14(7-4-12)19(22)16-10-15-9-13(2)5-8-17(15)20-18(16)11-21/h3-11H,1-2H3. The Labute approximate surface area is 128 Å². The quantitative estimate of drug-likeness (QED) is 0.543. The molecule has 0 saturated heterocycles. The number of pyridine rings is 1. The minimum absolute atomic E-state index is 0.182. The van der Waals surface area contributed by atoms with Crippen molar-refractivity contribution in [3.63, 3.8) is 0 Å². The highest BCUT2D eigenvalue weighted by Crippen LogP contribution is 2.20. The molecule has 0 N–H and O–H groups in total. The van der Waals surface area contributed by atoms with Crippen LogP contribution in [-0.2, 0) is 0 Å². The van der Waals surface area contributed by atoms with Crippen molar-refractivity contribution in [2.24, 2.45) is 0 Å². The van der Waals surface area contributed by atoms with Crippen LogP contribution in [0, 0.1) is 13.8 Å². The van der Waals surface area contributed by atoms with E-state index in [1.165, 1.54) is 0 Å². The van der Waals surface area contributed by atoms with Crippen LogP contribution >= 0.6 is 0 Å². The van der Waals surface area contributed by atoms with Crippen LogP contribution < -0.4 is 0 Å². The van der Waals surface area contributed by atoms with Gasteiger partial charge in [-0.15, -0.1) is 0 Å². The summed E-state index contributed by atoms with van der Waals surface area (Å²) in [5, 5.41) is 0.862. The molecule has 1 aromatic heterocycles. The Hall–Kier alpha value is -2.81. The van der Waals surface area contributed by atoms with Gasteiger partial charge in [-0.2, -0.15) is 0 Å². The number of aldehydes is 1. The van der Waals surface area contributed by atoms with Crippen molar-refractivity contribution in [1.82, 2.24) is 4.98 Å². The number of aryl methyl sites for hydroxylation is 2. The summed E-state index contributed by atoms with van der Waals surface area (Å²) in [6, 6.07) is 14.8. The molecule has 0 atom stereocenters. The topological polar surface area (TPSA) is 47.0 Å². The molecule has 0 radical (unpaired) electrons. The van der Waals surface area contributed by atoms with Gasteiger partial charge in [0, 0.05) is 10.9 Å². The van der Waals surface area contributed by atoms with E-state index in [-0.39, 0.29) is 11.5 Å². The van der Waals surface area contributed by atoms with Gasteiger partial charge in [0.25, 0.3) is 0 Å². The van der Waals surface area contributed by atoms with Gasteiger partial charge in [0.1, 0.15) is 5.69 Å². The van der Waals surface area contributed by atoms with Gasteiger partial charge in [-0.1, -0.05) is 41.5 Å². The molecule has 0 spiro atoms. The maximum Gasteiger partial charge on any atom is 0.195 e. The normalized spacial score (nSPS) is 10.6. The predicted octanol–water partition coefficient (Wildman–Crippen LogP) is 3.90. The SMILES string of the molecule is Cc1ccc(C(=O)c2cc3cc(C)ccc3nc2C=O)cc1. The van der Waals surface area contributed by atoms with Crippen LogP contribution in [0.25, 0.3) is 10.9 Å². The number of carbonyl (C=O) groups excluding carboxylic acids is 2. The third-order valence-electron chi connectivity index (χ3n) is 3.67. The summed E-state index contributed by atoms with van der Waals surface area (Å²) in [6.45, 7) is 3.94. The molecule has 0 fully saturated rings. The molecule has 3 heteroatoms. The summed E-state index contributed by atoms with van der Waals surface area (Å²) < 4.78 is 0. The van der Waals surface area contributed by atoms with Crippen molar-refractivity contribution in [3.8, 4) is 0 Å². The summed E-state index contributed by atoms with van der Waals surface area (Å²) in [5.41, 5.74) is 3.97. The van der Waals surface area contributed by atoms with Crippen LogP contribution in [0.1, 0.15) is 37.5 Å². The number of hydrogen-bond acceptors (Lipinski definition) is 3. The molecule has 108 valence electrons. The molecule has 0 amide bonds. The Bertz CT molecular complexity index is 880. The summed E-state index contributed by atoms with van der Waals surface area (Å²) in [7, 11) is 0. The predicted molar refractivity (Wildman–Crippen MR) is 86.5 cm³/mol. The lowest BCUT2D eigenvalue weighted by atomic mass is 9.99. The molecule has 0 aliphatic carbocycles. The summed E-state index contributed by atoms with van der Waals surface area (Å²) in [6.07, 6.45) is 0.640. The molecule has 0 aliphatic rings. The third kappa shape index (κ3) is 2.53. The molecular formula is C19H15NO2. The van der Waals surface area contributed by atoms with E-state index in [0.29, 0.717) is 22.9 Å². The Morgan fingerprint density at radius 2 is 1.64 bits per heavy atom.